The third-order valence-electron chi connectivity index (χ3n) is 3.89. The second kappa shape index (κ2) is 7.40. The van der Waals surface area contributed by atoms with Gasteiger partial charge in [-0.15, -0.1) is 11.3 Å². The smallest absolute Gasteiger partial charge is 0.341 e. The number of hydrogen-bond donors (Lipinski definition) is 2. The number of carbonyl (C=O) groups excluding carboxylic acids is 2. The normalized spacial score (nSPS) is 16.7. The van der Waals surface area contributed by atoms with Crippen LogP contribution in [0.5, 0.6) is 0 Å². The number of rotatable bonds is 3. The third kappa shape index (κ3) is 4.09. The topological polar surface area (TPSA) is 67.4 Å². The van der Waals surface area contributed by atoms with Crippen LogP contribution in [0.2, 0.25) is 0 Å². The summed E-state index contributed by atoms with van der Waals surface area (Å²) in [5.74, 6) is -0.0751. The SMILES string of the molecule is COC(=O)c1c(NC(=S)NC(=O)C(C)C)sc2c1CCC(C)C2. The lowest BCUT2D eigenvalue weighted by molar-refractivity contribution is -0.122. The minimum atomic E-state index is -0.363. The Morgan fingerprint density at radius 2 is 2.09 bits per heavy atom. The van der Waals surface area contributed by atoms with Crippen molar-refractivity contribution in [1.82, 2.24) is 5.32 Å². The van der Waals surface area contributed by atoms with Crippen molar-refractivity contribution < 1.29 is 14.3 Å². The van der Waals surface area contributed by atoms with Gasteiger partial charge in [-0.1, -0.05) is 20.8 Å². The quantitative estimate of drug-likeness (QED) is 0.645. The van der Waals surface area contributed by atoms with Gasteiger partial charge in [-0.2, -0.15) is 0 Å². The number of anilines is 1. The lowest BCUT2D eigenvalue weighted by Gasteiger charge is -2.18. The van der Waals surface area contributed by atoms with Crippen LogP contribution in [-0.4, -0.2) is 24.1 Å². The van der Waals surface area contributed by atoms with Crippen LogP contribution < -0.4 is 10.6 Å². The number of amides is 1. The van der Waals surface area contributed by atoms with Gasteiger partial charge in [-0.3, -0.25) is 4.79 Å². The summed E-state index contributed by atoms with van der Waals surface area (Å²) < 4.78 is 4.93. The van der Waals surface area contributed by atoms with Crippen LogP contribution in [0.15, 0.2) is 0 Å². The zero-order chi connectivity index (χ0) is 17.1. The molecule has 5 nitrogen and oxygen atoms in total. The standard InChI is InChI=1S/C16H22N2O3S2/c1-8(2)13(19)17-16(22)18-14-12(15(20)21-4)10-6-5-9(3)7-11(10)23-14/h8-9H,5-7H2,1-4H3,(H2,17,18,19,22). The Morgan fingerprint density at radius 3 is 2.70 bits per heavy atom. The van der Waals surface area contributed by atoms with E-state index in [-0.39, 0.29) is 22.9 Å². The maximum absolute atomic E-state index is 12.2. The maximum Gasteiger partial charge on any atom is 0.341 e. The fourth-order valence-corrected chi connectivity index (χ4v) is 4.22. The van der Waals surface area contributed by atoms with Crippen molar-refractivity contribution in [3.63, 3.8) is 0 Å². The molecule has 23 heavy (non-hydrogen) atoms. The Bertz CT molecular complexity index is 638. The molecule has 126 valence electrons. The minimum Gasteiger partial charge on any atom is -0.465 e. The molecule has 0 saturated heterocycles. The molecular formula is C16H22N2O3S2. The molecule has 1 amide bonds. The number of nitrogens with one attached hydrogen (secondary N) is 2. The molecule has 7 heteroatoms. The van der Waals surface area contributed by atoms with Crippen molar-refractivity contribution >= 4 is 45.5 Å². The van der Waals surface area contributed by atoms with E-state index in [0.29, 0.717) is 16.5 Å². The van der Waals surface area contributed by atoms with E-state index in [4.69, 9.17) is 17.0 Å². The molecule has 1 aromatic rings. The lowest BCUT2D eigenvalue weighted by Crippen LogP contribution is -2.36. The average molecular weight is 354 g/mol. The summed E-state index contributed by atoms with van der Waals surface area (Å²) in [7, 11) is 1.38. The molecule has 0 spiro atoms. The summed E-state index contributed by atoms with van der Waals surface area (Å²) in [5.41, 5.74) is 1.61. The molecule has 0 aromatic carbocycles. The summed E-state index contributed by atoms with van der Waals surface area (Å²) in [6.45, 7) is 5.80. The van der Waals surface area contributed by atoms with E-state index in [1.807, 2.05) is 0 Å². The van der Waals surface area contributed by atoms with Crippen molar-refractivity contribution in [2.75, 3.05) is 12.4 Å². The highest BCUT2D eigenvalue weighted by Crippen LogP contribution is 2.39. The van der Waals surface area contributed by atoms with E-state index in [1.54, 1.807) is 13.8 Å². The van der Waals surface area contributed by atoms with Gasteiger partial charge < -0.3 is 15.4 Å². The first-order valence-corrected chi connectivity index (χ1v) is 8.90. The molecule has 1 aliphatic carbocycles. The first-order chi connectivity index (χ1) is 10.8. The maximum atomic E-state index is 12.2. The van der Waals surface area contributed by atoms with E-state index in [1.165, 1.54) is 23.3 Å². The molecule has 1 aliphatic rings. The van der Waals surface area contributed by atoms with E-state index < -0.39 is 0 Å². The van der Waals surface area contributed by atoms with Gasteiger partial charge in [0.15, 0.2) is 5.11 Å². The zero-order valence-electron chi connectivity index (χ0n) is 13.8. The van der Waals surface area contributed by atoms with Gasteiger partial charge >= 0.3 is 5.97 Å². The van der Waals surface area contributed by atoms with Gasteiger partial charge in [0.25, 0.3) is 0 Å². The number of hydrogen-bond acceptors (Lipinski definition) is 5. The van der Waals surface area contributed by atoms with Crippen molar-refractivity contribution in [3.05, 3.63) is 16.0 Å². The molecule has 1 atom stereocenters. The monoisotopic (exact) mass is 354 g/mol. The summed E-state index contributed by atoms with van der Waals surface area (Å²) in [5, 5.41) is 6.50. The van der Waals surface area contributed by atoms with Gasteiger partial charge in [-0.05, 0) is 43.0 Å². The van der Waals surface area contributed by atoms with Crippen molar-refractivity contribution in [2.24, 2.45) is 11.8 Å². The molecule has 2 N–H and O–H groups in total. The van der Waals surface area contributed by atoms with Crippen molar-refractivity contribution in [3.8, 4) is 0 Å². The fourth-order valence-electron chi connectivity index (χ4n) is 2.55. The molecule has 1 heterocycles. The van der Waals surface area contributed by atoms with Gasteiger partial charge in [0, 0.05) is 10.8 Å². The highest BCUT2D eigenvalue weighted by atomic mass is 32.1. The number of esters is 1. The average Bonchev–Trinajstić information content (AvgIpc) is 2.82. The number of thiocarbonyl (C=S) groups is 1. The number of methoxy groups -OCH3 is 1. The van der Waals surface area contributed by atoms with Gasteiger partial charge in [0.2, 0.25) is 5.91 Å². The Kier molecular flexibility index (Phi) is 5.75. The number of carbonyl (C=O) groups is 2. The number of ether oxygens (including phenoxy) is 1. The van der Waals surface area contributed by atoms with Crippen LogP contribution in [-0.2, 0) is 22.4 Å². The molecule has 0 saturated carbocycles. The van der Waals surface area contributed by atoms with Crippen LogP contribution in [0.25, 0.3) is 0 Å². The summed E-state index contributed by atoms with van der Waals surface area (Å²) in [6.07, 6.45) is 2.88. The first-order valence-electron chi connectivity index (χ1n) is 7.68. The van der Waals surface area contributed by atoms with Gasteiger partial charge in [-0.25, -0.2) is 4.79 Å². The third-order valence-corrected chi connectivity index (χ3v) is 5.26. The summed E-state index contributed by atoms with van der Waals surface area (Å²) in [6, 6.07) is 0. The zero-order valence-corrected chi connectivity index (χ0v) is 15.5. The van der Waals surface area contributed by atoms with E-state index in [9.17, 15) is 9.59 Å². The molecule has 1 unspecified atom stereocenters. The van der Waals surface area contributed by atoms with E-state index >= 15 is 0 Å². The predicted octanol–water partition coefficient (Wildman–Crippen LogP) is 3.13. The highest BCUT2D eigenvalue weighted by molar-refractivity contribution is 7.80. The van der Waals surface area contributed by atoms with Crippen LogP contribution in [0.3, 0.4) is 0 Å². The molecule has 1 aromatic heterocycles. The second-order valence-electron chi connectivity index (χ2n) is 6.15. The Morgan fingerprint density at radius 1 is 1.39 bits per heavy atom. The van der Waals surface area contributed by atoms with Crippen LogP contribution in [0, 0.1) is 11.8 Å². The van der Waals surface area contributed by atoms with E-state index in [2.05, 4.69) is 17.6 Å². The van der Waals surface area contributed by atoms with Crippen molar-refractivity contribution in [2.45, 2.75) is 40.0 Å². The van der Waals surface area contributed by atoms with E-state index in [0.717, 1.165) is 24.8 Å². The molecule has 0 radical (unpaired) electrons. The highest BCUT2D eigenvalue weighted by Gasteiger charge is 2.28. The van der Waals surface area contributed by atoms with Crippen LogP contribution in [0.1, 0.15) is 48.0 Å². The van der Waals surface area contributed by atoms with Gasteiger partial charge in [0.1, 0.15) is 5.00 Å². The molecule has 0 bridgehead atoms. The first kappa shape index (κ1) is 17.9. The number of fused-ring (bicyclic) bond motifs is 1. The van der Waals surface area contributed by atoms with Crippen LogP contribution in [0.4, 0.5) is 5.00 Å². The minimum absolute atomic E-state index is 0.156. The Hall–Kier alpha value is -1.47. The van der Waals surface area contributed by atoms with Crippen molar-refractivity contribution in [1.29, 1.82) is 0 Å². The fraction of sp³-hybridized carbons (Fsp3) is 0.562. The second-order valence-corrected chi connectivity index (χ2v) is 7.66. The molecule has 0 aliphatic heterocycles. The molecule has 0 fully saturated rings. The number of thiophene rings is 1. The van der Waals surface area contributed by atoms with Crippen LogP contribution >= 0.6 is 23.6 Å². The summed E-state index contributed by atoms with van der Waals surface area (Å²) in [4.78, 5) is 25.1. The summed E-state index contributed by atoms with van der Waals surface area (Å²) >= 11 is 6.71. The Balaban J connectivity index is 2.26. The lowest BCUT2D eigenvalue weighted by atomic mass is 9.88. The Labute approximate surface area is 145 Å². The molecular weight excluding hydrogens is 332 g/mol. The largest absolute Gasteiger partial charge is 0.465 e. The molecule has 2 rings (SSSR count). The van der Waals surface area contributed by atoms with Gasteiger partial charge in [0.05, 0.1) is 12.7 Å². The predicted molar refractivity (Wildman–Crippen MR) is 96.0 cm³/mol.